The van der Waals surface area contributed by atoms with Gasteiger partial charge in [-0.15, -0.1) is 0 Å². The summed E-state index contributed by atoms with van der Waals surface area (Å²) in [5, 5.41) is 0. The molecule has 0 amide bonds. The molecule has 1 aromatic rings. The fraction of sp³-hybridized carbons (Fsp3) is 0.600. The quantitative estimate of drug-likeness (QED) is 0.896. The molecule has 0 aromatic heterocycles. The van der Waals surface area contributed by atoms with Crippen LogP contribution in [-0.4, -0.2) is 18.3 Å². The normalized spacial score (nSPS) is 28.1. The van der Waals surface area contributed by atoms with Gasteiger partial charge in [0.05, 0.1) is 12.2 Å². The Balaban J connectivity index is 2.10. The molecule has 1 aliphatic rings. The minimum atomic E-state index is 0.232. The summed E-state index contributed by atoms with van der Waals surface area (Å²) < 4.78 is 11.9. The summed E-state index contributed by atoms with van der Waals surface area (Å²) in [5.41, 5.74) is 8.04. The highest BCUT2D eigenvalue weighted by atomic mass is 16.5. The Morgan fingerprint density at radius 3 is 2.56 bits per heavy atom. The van der Waals surface area contributed by atoms with Crippen LogP contribution >= 0.6 is 0 Å². The molecule has 0 saturated carbocycles. The summed E-state index contributed by atoms with van der Waals surface area (Å²) in [5.74, 6) is 0.934. The summed E-state index contributed by atoms with van der Waals surface area (Å²) in [7, 11) is 0. The van der Waals surface area contributed by atoms with Crippen molar-refractivity contribution in [1.82, 2.24) is 0 Å². The van der Waals surface area contributed by atoms with Crippen molar-refractivity contribution in [3.8, 4) is 5.75 Å². The number of aryl methyl sites for hydroxylation is 1. The van der Waals surface area contributed by atoms with Crippen LogP contribution in [0.5, 0.6) is 5.75 Å². The minimum Gasteiger partial charge on any atom is -0.490 e. The monoisotopic (exact) mass is 249 g/mol. The van der Waals surface area contributed by atoms with E-state index < -0.39 is 0 Å². The van der Waals surface area contributed by atoms with Gasteiger partial charge in [0, 0.05) is 24.9 Å². The Hall–Kier alpha value is -1.06. The Kier molecular flexibility index (Phi) is 4.25. The van der Waals surface area contributed by atoms with Crippen LogP contribution in [0.1, 0.15) is 37.8 Å². The zero-order valence-electron chi connectivity index (χ0n) is 11.5. The first-order valence-corrected chi connectivity index (χ1v) is 6.70. The Labute approximate surface area is 109 Å². The van der Waals surface area contributed by atoms with E-state index in [1.54, 1.807) is 0 Å². The van der Waals surface area contributed by atoms with Gasteiger partial charge in [-0.2, -0.15) is 0 Å². The van der Waals surface area contributed by atoms with Gasteiger partial charge >= 0.3 is 0 Å². The lowest BCUT2D eigenvalue weighted by Gasteiger charge is -2.32. The molecule has 2 N–H and O–H groups in total. The molecule has 1 aliphatic heterocycles. The van der Waals surface area contributed by atoms with Crippen LogP contribution in [0.15, 0.2) is 18.2 Å². The van der Waals surface area contributed by atoms with Crippen molar-refractivity contribution < 1.29 is 9.47 Å². The van der Waals surface area contributed by atoms with Crippen LogP contribution in [0.2, 0.25) is 0 Å². The molecule has 0 aliphatic carbocycles. The Morgan fingerprint density at radius 2 is 1.94 bits per heavy atom. The van der Waals surface area contributed by atoms with Crippen molar-refractivity contribution in [2.45, 2.75) is 58.5 Å². The molecule has 0 bridgehead atoms. The first-order valence-electron chi connectivity index (χ1n) is 6.70. The highest BCUT2D eigenvalue weighted by molar-refractivity contribution is 5.37. The van der Waals surface area contributed by atoms with Gasteiger partial charge in [-0.25, -0.2) is 0 Å². The van der Waals surface area contributed by atoms with E-state index in [0.717, 1.165) is 24.2 Å². The Bertz CT molecular complexity index is 395. The first-order chi connectivity index (χ1) is 8.58. The minimum absolute atomic E-state index is 0.232. The predicted molar refractivity (Wildman–Crippen MR) is 72.7 cm³/mol. The molecule has 2 atom stereocenters. The molecule has 2 rings (SSSR count). The number of ether oxygens (including phenoxy) is 2. The predicted octanol–water partition coefficient (Wildman–Crippen LogP) is 2.79. The molecule has 3 nitrogen and oxygen atoms in total. The second-order valence-corrected chi connectivity index (χ2v) is 5.28. The second kappa shape index (κ2) is 5.72. The summed E-state index contributed by atoms with van der Waals surface area (Å²) >= 11 is 0. The van der Waals surface area contributed by atoms with Crippen molar-refractivity contribution in [1.29, 1.82) is 0 Å². The number of nitrogens with two attached hydrogens (primary N) is 1. The molecule has 0 spiro atoms. The summed E-state index contributed by atoms with van der Waals surface area (Å²) in [4.78, 5) is 0. The van der Waals surface area contributed by atoms with Gasteiger partial charge in [0.15, 0.2) is 0 Å². The lowest BCUT2D eigenvalue weighted by atomic mass is 10.0. The van der Waals surface area contributed by atoms with Crippen LogP contribution in [0.4, 0.5) is 0 Å². The van der Waals surface area contributed by atoms with Crippen molar-refractivity contribution in [3.05, 3.63) is 29.3 Å². The SMILES string of the molecule is Cc1ccc(CN)c(OC2CC(C)OC(C)C2)c1. The molecule has 1 fully saturated rings. The lowest BCUT2D eigenvalue weighted by Crippen LogP contribution is -2.35. The number of hydrogen-bond donors (Lipinski definition) is 1. The van der Waals surface area contributed by atoms with E-state index in [2.05, 4.69) is 39.0 Å². The molecule has 1 aromatic carbocycles. The summed E-state index contributed by atoms with van der Waals surface area (Å²) in [6.45, 7) is 6.80. The molecule has 18 heavy (non-hydrogen) atoms. The maximum atomic E-state index is 6.14. The largest absolute Gasteiger partial charge is 0.490 e. The average molecular weight is 249 g/mol. The van der Waals surface area contributed by atoms with Crippen molar-refractivity contribution in [3.63, 3.8) is 0 Å². The van der Waals surface area contributed by atoms with Crippen LogP contribution < -0.4 is 10.5 Å². The molecular weight excluding hydrogens is 226 g/mol. The van der Waals surface area contributed by atoms with E-state index in [-0.39, 0.29) is 18.3 Å². The number of rotatable bonds is 3. The van der Waals surface area contributed by atoms with Crippen LogP contribution in [-0.2, 0) is 11.3 Å². The van der Waals surface area contributed by atoms with E-state index in [1.807, 2.05) is 0 Å². The van der Waals surface area contributed by atoms with E-state index >= 15 is 0 Å². The van der Waals surface area contributed by atoms with Crippen molar-refractivity contribution >= 4 is 0 Å². The molecule has 100 valence electrons. The lowest BCUT2D eigenvalue weighted by molar-refractivity contribution is -0.0723. The van der Waals surface area contributed by atoms with Crippen molar-refractivity contribution in [2.75, 3.05) is 0 Å². The third kappa shape index (κ3) is 3.24. The topological polar surface area (TPSA) is 44.5 Å². The fourth-order valence-corrected chi connectivity index (χ4v) is 2.56. The molecule has 1 heterocycles. The number of benzene rings is 1. The fourth-order valence-electron chi connectivity index (χ4n) is 2.56. The highest BCUT2D eigenvalue weighted by Gasteiger charge is 2.26. The summed E-state index contributed by atoms with van der Waals surface area (Å²) in [6, 6.07) is 6.20. The van der Waals surface area contributed by atoms with E-state index in [0.29, 0.717) is 6.54 Å². The Morgan fingerprint density at radius 1 is 1.28 bits per heavy atom. The third-order valence-electron chi connectivity index (χ3n) is 3.39. The van der Waals surface area contributed by atoms with Crippen LogP contribution in [0.25, 0.3) is 0 Å². The van der Waals surface area contributed by atoms with Gasteiger partial charge in [-0.1, -0.05) is 12.1 Å². The average Bonchev–Trinajstić information content (AvgIpc) is 2.27. The molecular formula is C15H23NO2. The molecule has 2 unspecified atom stereocenters. The van der Waals surface area contributed by atoms with E-state index in [9.17, 15) is 0 Å². The van der Waals surface area contributed by atoms with Gasteiger partial charge in [-0.05, 0) is 32.4 Å². The van der Waals surface area contributed by atoms with E-state index in [1.165, 1.54) is 5.56 Å². The van der Waals surface area contributed by atoms with Gasteiger partial charge in [-0.3, -0.25) is 0 Å². The molecule has 1 saturated heterocycles. The maximum Gasteiger partial charge on any atom is 0.124 e. The van der Waals surface area contributed by atoms with Gasteiger partial charge in [0.25, 0.3) is 0 Å². The van der Waals surface area contributed by atoms with Crippen LogP contribution in [0.3, 0.4) is 0 Å². The zero-order chi connectivity index (χ0) is 13.1. The highest BCUT2D eigenvalue weighted by Crippen LogP contribution is 2.27. The van der Waals surface area contributed by atoms with Gasteiger partial charge < -0.3 is 15.2 Å². The van der Waals surface area contributed by atoms with Crippen molar-refractivity contribution in [2.24, 2.45) is 5.73 Å². The first kappa shape index (κ1) is 13.4. The smallest absolute Gasteiger partial charge is 0.124 e. The summed E-state index contributed by atoms with van der Waals surface area (Å²) in [6.07, 6.45) is 2.66. The van der Waals surface area contributed by atoms with E-state index in [4.69, 9.17) is 15.2 Å². The molecule has 3 heteroatoms. The maximum absolute atomic E-state index is 6.14. The zero-order valence-corrected chi connectivity index (χ0v) is 11.5. The van der Waals surface area contributed by atoms with Gasteiger partial charge in [0.2, 0.25) is 0 Å². The molecule has 0 radical (unpaired) electrons. The standard InChI is InChI=1S/C15H23NO2/c1-10-4-5-13(9-16)15(6-10)18-14-7-11(2)17-12(3)8-14/h4-6,11-12,14H,7-9,16H2,1-3H3. The third-order valence-corrected chi connectivity index (χ3v) is 3.39. The number of hydrogen-bond acceptors (Lipinski definition) is 3. The second-order valence-electron chi connectivity index (χ2n) is 5.28. The van der Waals surface area contributed by atoms with Gasteiger partial charge in [0.1, 0.15) is 11.9 Å². The van der Waals surface area contributed by atoms with Crippen LogP contribution in [0, 0.1) is 6.92 Å².